The van der Waals surface area contributed by atoms with E-state index >= 15 is 0 Å². The van der Waals surface area contributed by atoms with Crippen molar-refractivity contribution in [3.05, 3.63) is 30.1 Å². The smallest absolute Gasteiger partial charge is 0.253 e. The summed E-state index contributed by atoms with van der Waals surface area (Å²) in [7, 11) is 0. The lowest BCUT2D eigenvalue weighted by Crippen LogP contribution is -2.55. The van der Waals surface area contributed by atoms with Crippen molar-refractivity contribution in [2.45, 2.75) is 44.8 Å². The highest BCUT2D eigenvalue weighted by molar-refractivity contribution is 5.95. The molecule has 1 amide bonds. The lowest BCUT2D eigenvalue weighted by Gasteiger charge is -2.42. The Labute approximate surface area is 137 Å². The number of amides is 1. The molecule has 2 saturated heterocycles. The molecule has 0 radical (unpaired) electrons. The van der Waals surface area contributed by atoms with Crippen LogP contribution < -0.4 is 4.90 Å². The maximum atomic E-state index is 13.5. The normalized spacial score (nSPS) is 26.8. The van der Waals surface area contributed by atoms with Crippen LogP contribution in [0, 0.1) is 5.82 Å². The predicted octanol–water partition coefficient (Wildman–Crippen LogP) is 2.82. The van der Waals surface area contributed by atoms with Crippen molar-refractivity contribution >= 4 is 11.6 Å². The molecule has 2 heterocycles. The summed E-state index contributed by atoms with van der Waals surface area (Å²) >= 11 is 0. The second kappa shape index (κ2) is 6.57. The van der Waals surface area contributed by atoms with Crippen LogP contribution in [0.4, 0.5) is 10.1 Å². The number of rotatable bonds is 2. The minimum absolute atomic E-state index is 0.0815. The van der Waals surface area contributed by atoms with Crippen LogP contribution in [0.1, 0.15) is 33.1 Å². The molecule has 1 unspecified atom stereocenters. The first kappa shape index (κ1) is 16.4. The number of nitrogens with zero attached hydrogens (tertiary/aromatic N) is 2. The molecule has 4 nitrogen and oxygen atoms in total. The molecule has 1 aromatic rings. The van der Waals surface area contributed by atoms with E-state index in [1.807, 2.05) is 0 Å². The molecule has 5 heteroatoms. The van der Waals surface area contributed by atoms with Crippen LogP contribution in [0.2, 0.25) is 0 Å². The minimum atomic E-state index is -0.317. The fourth-order valence-electron chi connectivity index (χ4n) is 3.60. The van der Waals surface area contributed by atoms with E-state index in [1.165, 1.54) is 12.1 Å². The van der Waals surface area contributed by atoms with Crippen LogP contribution >= 0.6 is 0 Å². The fraction of sp³-hybridized carbons (Fsp3) is 0.611. The van der Waals surface area contributed by atoms with Gasteiger partial charge in [0.15, 0.2) is 0 Å². The number of halogens is 1. The number of likely N-dealkylation sites (tertiary alicyclic amines) is 1. The molecule has 3 rings (SSSR count). The number of carbonyl (C=O) groups is 1. The molecule has 126 valence electrons. The van der Waals surface area contributed by atoms with Gasteiger partial charge < -0.3 is 14.5 Å². The van der Waals surface area contributed by atoms with Crippen LogP contribution in [0.15, 0.2) is 24.3 Å². The summed E-state index contributed by atoms with van der Waals surface area (Å²) in [5, 5.41) is 0. The highest BCUT2D eigenvalue weighted by Gasteiger charge is 2.41. The lowest BCUT2D eigenvalue weighted by atomic mass is 9.92. The van der Waals surface area contributed by atoms with Gasteiger partial charge in [-0.15, -0.1) is 0 Å². The number of carbonyl (C=O) groups excluding carboxylic acids is 1. The summed E-state index contributed by atoms with van der Waals surface area (Å²) in [4.78, 5) is 16.4. The highest BCUT2D eigenvalue weighted by Crippen LogP contribution is 2.33. The van der Waals surface area contributed by atoms with Crippen LogP contribution in [0.5, 0.6) is 0 Å². The number of benzene rings is 1. The average Bonchev–Trinajstić information content (AvgIpc) is 2.73. The fourth-order valence-corrected chi connectivity index (χ4v) is 3.60. The van der Waals surface area contributed by atoms with Gasteiger partial charge in [-0.2, -0.15) is 0 Å². The molecule has 0 N–H and O–H groups in total. The van der Waals surface area contributed by atoms with Crippen LogP contribution in [-0.2, 0) is 9.53 Å². The monoisotopic (exact) mass is 320 g/mol. The Morgan fingerprint density at radius 1 is 1.26 bits per heavy atom. The summed E-state index contributed by atoms with van der Waals surface area (Å²) in [5.74, 6) is -0.408. The minimum Gasteiger partial charge on any atom is -0.363 e. The van der Waals surface area contributed by atoms with Crippen LogP contribution in [0.3, 0.4) is 0 Å². The second-order valence-electron chi connectivity index (χ2n) is 6.91. The van der Waals surface area contributed by atoms with E-state index < -0.39 is 0 Å². The third-order valence-corrected chi connectivity index (χ3v) is 5.03. The van der Waals surface area contributed by atoms with E-state index in [2.05, 4.69) is 18.7 Å². The molecule has 23 heavy (non-hydrogen) atoms. The Bertz CT molecular complexity index is 578. The quantitative estimate of drug-likeness (QED) is 0.840. The summed E-state index contributed by atoms with van der Waals surface area (Å²) in [6, 6.07) is 6.78. The van der Waals surface area contributed by atoms with Crippen molar-refractivity contribution in [1.29, 1.82) is 0 Å². The van der Waals surface area contributed by atoms with Gasteiger partial charge in [0, 0.05) is 18.3 Å². The van der Waals surface area contributed by atoms with Gasteiger partial charge in [-0.05, 0) is 57.9 Å². The summed E-state index contributed by atoms with van der Waals surface area (Å²) in [5.41, 5.74) is 0.326. The van der Waals surface area contributed by atoms with Gasteiger partial charge in [-0.25, -0.2) is 4.39 Å². The van der Waals surface area contributed by atoms with E-state index in [0.29, 0.717) is 18.3 Å². The number of anilines is 1. The lowest BCUT2D eigenvalue weighted by molar-refractivity contribution is -0.140. The molecule has 1 atom stereocenters. The summed E-state index contributed by atoms with van der Waals surface area (Å²) < 4.78 is 19.5. The van der Waals surface area contributed by atoms with Crippen LogP contribution in [0.25, 0.3) is 0 Å². The maximum absolute atomic E-state index is 13.5. The summed E-state index contributed by atoms with van der Waals surface area (Å²) in [6.07, 6.45) is 2.91. The topological polar surface area (TPSA) is 32.8 Å². The zero-order chi connectivity index (χ0) is 16.4. The molecule has 0 aliphatic carbocycles. The average molecular weight is 320 g/mol. The first-order valence-electron chi connectivity index (χ1n) is 8.43. The van der Waals surface area contributed by atoms with E-state index in [1.54, 1.807) is 17.0 Å². The highest BCUT2D eigenvalue weighted by atomic mass is 19.1. The van der Waals surface area contributed by atoms with Gasteiger partial charge in [0.05, 0.1) is 12.1 Å². The second-order valence-corrected chi connectivity index (χ2v) is 6.91. The Morgan fingerprint density at radius 2 is 2.09 bits per heavy atom. The van der Waals surface area contributed by atoms with Crippen LogP contribution in [-0.4, -0.2) is 48.7 Å². The van der Waals surface area contributed by atoms with E-state index in [-0.39, 0.29) is 23.9 Å². The van der Waals surface area contributed by atoms with Crippen molar-refractivity contribution in [3.8, 4) is 0 Å². The third-order valence-electron chi connectivity index (χ3n) is 5.03. The van der Waals surface area contributed by atoms with E-state index in [4.69, 9.17) is 4.74 Å². The molecule has 0 aromatic heterocycles. The number of hydrogen-bond acceptors (Lipinski definition) is 3. The van der Waals surface area contributed by atoms with Crippen molar-refractivity contribution in [2.24, 2.45) is 0 Å². The Kier molecular flexibility index (Phi) is 4.69. The molecule has 1 spiro atoms. The molecule has 0 bridgehead atoms. The first-order valence-corrected chi connectivity index (χ1v) is 8.43. The van der Waals surface area contributed by atoms with Gasteiger partial charge in [0.2, 0.25) is 0 Å². The van der Waals surface area contributed by atoms with Crippen molar-refractivity contribution in [3.63, 3.8) is 0 Å². The number of hydrogen-bond donors (Lipinski definition) is 0. The maximum Gasteiger partial charge on any atom is 0.253 e. The summed E-state index contributed by atoms with van der Waals surface area (Å²) in [6.45, 7) is 7.06. The van der Waals surface area contributed by atoms with Gasteiger partial charge in [-0.3, -0.25) is 4.79 Å². The van der Waals surface area contributed by atoms with Crippen molar-refractivity contribution in [1.82, 2.24) is 4.90 Å². The van der Waals surface area contributed by atoms with E-state index in [9.17, 15) is 9.18 Å². The molecule has 2 aliphatic rings. The Hall–Kier alpha value is -1.46. The largest absolute Gasteiger partial charge is 0.363 e. The number of ether oxygens (including phenoxy) is 1. The van der Waals surface area contributed by atoms with Crippen molar-refractivity contribution < 1.29 is 13.9 Å². The first-order chi connectivity index (χ1) is 11.0. The Balaban J connectivity index is 1.78. The molecule has 2 aliphatic heterocycles. The predicted molar refractivity (Wildman–Crippen MR) is 88.0 cm³/mol. The molecular weight excluding hydrogens is 295 g/mol. The van der Waals surface area contributed by atoms with Gasteiger partial charge in [0.25, 0.3) is 5.91 Å². The van der Waals surface area contributed by atoms with Gasteiger partial charge in [0.1, 0.15) is 12.4 Å². The van der Waals surface area contributed by atoms with Gasteiger partial charge in [-0.1, -0.05) is 6.07 Å². The Morgan fingerprint density at radius 3 is 2.83 bits per heavy atom. The molecule has 1 aromatic carbocycles. The molecule has 0 saturated carbocycles. The third kappa shape index (κ3) is 3.56. The molecule has 2 fully saturated rings. The standard InChI is InChI=1S/C18H25FN2O2/c1-14(2)20-9-4-7-18(8-10-20)13-21(17(22)12-23-18)16-6-3-5-15(19)11-16/h3,5-6,11,14H,4,7-10,12-13H2,1-2H3. The van der Waals surface area contributed by atoms with Crippen molar-refractivity contribution in [2.75, 3.05) is 31.1 Å². The zero-order valence-corrected chi connectivity index (χ0v) is 13.9. The number of morpholine rings is 1. The SMILES string of the molecule is CC(C)N1CCCC2(CC1)CN(c1cccc(F)c1)C(=O)CO2. The molecular formula is C18H25FN2O2. The van der Waals surface area contributed by atoms with Gasteiger partial charge >= 0.3 is 0 Å². The van der Waals surface area contributed by atoms with E-state index in [0.717, 1.165) is 32.4 Å². The zero-order valence-electron chi connectivity index (χ0n) is 13.9.